The van der Waals surface area contributed by atoms with E-state index >= 15 is 0 Å². The molecule has 5 N–H and O–H groups in total. The van der Waals surface area contributed by atoms with Gasteiger partial charge in [0.1, 0.15) is 30.6 Å². The van der Waals surface area contributed by atoms with Gasteiger partial charge in [-0.3, -0.25) is 24.6 Å². The molecule has 1 unspecified atom stereocenters. The molecule has 0 bridgehead atoms. The maximum absolute atomic E-state index is 13.7. The summed E-state index contributed by atoms with van der Waals surface area (Å²) < 4.78 is 36.5. The van der Waals surface area contributed by atoms with Crippen LogP contribution in [0.4, 0.5) is 5.82 Å². The van der Waals surface area contributed by atoms with Crippen LogP contribution in [0.3, 0.4) is 0 Å². The highest BCUT2D eigenvalue weighted by Crippen LogP contribution is 2.47. The van der Waals surface area contributed by atoms with Gasteiger partial charge in [0, 0.05) is 6.20 Å². The number of esters is 1. The Labute approximate surface area is 218 Å². The summed E-state index contributed by atoms with van der Waals surface area (Å²) in [5.74, 6) is 1.43. The van der Waals surface area contributed by atoms with Gasteiger partial charge in [-0.05, 0) is 39.0 Å². The summed E-state index contributed by atoms with van der Waals surface area (Å²) in [4.78, 5) is 28.2. The molecule has 0 amide bonds. The van der Waals surface area contributed by atoms with Crippen molar-refractivity contribution in [2.75, 3.05) is 12.1 Å². The molecule has 0 aliphatic carbocycles. The summed E-state index contributed by atoms with van der Waals surface area (Å²) in [7, 11) is -4.40. The molecular weight excluding hydrogens is 523 g/mol. The van der Waals surface area contributed by atoms with E-state index in [0.29, 0.717) is 0 Å². The van der Waals surface area contributed by atoms with Gasteiger partial charge in [0.05, 0.1) is 6.10 Å². The van der Waals surface area contributed by atoms with Crippen LogP contribution < -0.4 is 20.8 Å². The van der Waals surface area contributed by atoms with E-state index in [4.69, 9.17) is 30.2 Å². The Bertz CT molecular complexity index is 1270. The van der Waals surface area contributed by atoms with Gasteiger partial charge in [-0.1, -0.05) is 24.1 Å². The molecule has 3 rings (SSSR count). The van der Waals surface area contributed by atoms with Crippen molar-refractivity contribution in [3.63, 3.8) is 0 Å². The third kappa shape index (κ3) is 6.58. The minimum Gasteiger partial charge on any atom is -0.462 e. The normalized spacial score (nSPS) is 25.3. The minimum absolute atomic E-state index is 0.128. The first-order chi connectivity index (χ1) is 17.9. The van der Waals surface area contributed by atoms with Crippen LogP contribution in [0.15, 0.2) is 47.4 Å². The number of hydrogen-bond acceptors (Lipinski definition) is 12. The topological polar surface area (TPSA) is 191 Å². The average molecular weight is 552 g/mol. The van der Waals surface area contributed by atoms with Crippen LogP contribution in [0.1, 0.15) is 27.0 Å². The quantitative estimate of drug-likeness (QED) is 0.114. The van der Waals surface area contributed by atoms with Gasteiger partial charge < -0.3 is 24.2 Å². The average Bonchev–Trinajstić information content (AvgIpc) is 3.13. The van der Waals surface area contributed by atoms with Gasteiger partial charge in [-0.15, -0.1) is 6.42 Å². The molecule has 38 heavy (non-hydrogen) atoms. The molecule has 1 aliphatic heterocycles. The molecule has 6 atom stereocenters. The van der Waals surface area contributed by atoms with Crippen molar-refractivity contribution in [1.82, 2.24) is 14.6 Å². The largest absolute Gasteiger partial charge is 0.462 e. The first-order valence-corrected chi connectivity index (χ1v) is 13.0. The number of aliphatic hydroxyl groups is 2. The van der Waals surface area contributed by atoms with Crippen molar-refractivity contribution in [3.8, 4) is 18.1 Å². The summed E-state index contributed by atoms with van der Waals surface area (Å²) in [6, 6.07) is 7.99. The van der Waals surface area contributed by atoms with Gasteiger partial charge in [0.25, 0.3) is 0 Å². The molecule has 0 spiro atoms. The molecule has 0 radical (unpaired) electrons. The van der Waals surface area contributed by atoms with Crippen LogP contribution in [-0.4, -0.2) is 67.5 Å². The number of rotatable bonds is 11. The monoisotopic (exact) mass is 552 g/mol. The maximum atomic E-state index is 13.7. The number of anilines is 1. The molecule has 1 saturated heterocycles. The zero-order valence-corrected chi connectivity index (χ0v) is 21.6. The molecular formula is C23H29N4O10P. The Balaban J connectivity index is 1.86. The Morgan fingerprint density at radius 1 is 1.29 bits per heavy atom. The van der Waals surface area contributed by atoms with Gasteiger partial charge in [-0.25, -0.2) is 9.36 Å². The second-order valence-electron chi connectivity index (χ2n) is 8.60. The number of carbonyl (C=O) groups excluding carboxylic acids is 1. The Kier molecular flexibility index (Phi) is 9.29. The number of carbonyl (C=O) groups is 1. The molecule has 2 heterocycles. The molecule has 15 heteroatoms. The van der Waals surface area contributed by atoms with Crippen molar-refractivity contribution in [2.45, 2.75) is 57.0 Å². The zero-order valence-electron chi connectivity index (χ0n) is 20.8. The predicted molar refractivity (Wildman–Crippen MR) is 132 cm³/mol. The highest BCUT2D eigenvalue weighted by Gasteiger charge is 2.56. The lowest BCUT2D eigenvalue weighted by Gasteiger charge is -2.29. The molecule has 0 saturated carbocycles. The highest BCUT2D eigenvalue weighted by atomic mass is 31.2. The first kappa shape index (κ1) is 29.3. The van der Waals surface area contributed by atoms with Crippen molar-refractivity contribution in [2.24, 2.45) is 0 Å². The zero-order chi connectivity index (χ0) is 28.1. The summed E-state index contributed by atoms with van der Waals surface area (Å²) in [5.41, 5.74) is -1.33. The minimum atomic E-state index is -4.40. The van der Waals surface area contributed by atoms with Crippen LogP contribution in [0.25, 0.3) is 0 Å². The molecule has 206 valence electrons. The van der Waals surface area contributed by atoms with E-state index in [1.54, 1.807) is 37.5 Å². The maximum Gasteiger partial charge on any atom is 0.459 e. The third-order valence-corrected chi connectivity index (χ3v) is 6.99. The van der Waals surface area contributed by atoms with Crippen LogP contribution in [-0.2, 0) is 23.4 Å². The molecule has 14 nitrogen and oxygen atoms in total. The number of ether oxygens (including phenoxy) is 2. The van der Waals surface area contributed by atoms with Crippen molar-refractivity contribution in [3.05, 3.63) is 53.1 Å². The fourth-order valence-electron chi connectivity index (χ4n) is 3.47. The lowest BCUT2D eigenvalue weighted by atomic mass is 9.97. The van der Waals surface area contributed by atoms with Gasteiger partial charge in [0.15, 0.2) is 17.6 Å². The summed E-state index contributed by atoms with van der Waals surface area (Å²) in [6.07, 6.45) is 1.29. The number of hydrogen-bond donors (Lipinski definition) is 5. The van der Waals surface area contributed by atoms with E-state index in [-0.39, 0.29) is 11.6 Å². The first-order valence-electron chi connectivity index (χ1n) is 11.4. The van der Waals surface area contributed by atoms with E-state index in [2.05, 4.69) is 16.0 Å². The molecule has 1 aromatic carbocycles. The smallest absolute Gasteiger partial charge is 0.459 e. The highest BCUT2D eigenvalue weighted by molar-refractivity contribution is 7.52. The summed E-state index contributed by atoms with van der Waals surface area (Å²) >= 11 is 0. The summed E-state index contributed by atoms with van der Waals surface area (Å²) in [6.45, 7) is 3.89. The van der Waals surface area contributed by atoms with Crippen LogP contribution in [0.2, 0.25) is 0 Å². The van der Waals surface area contributed by atoms with Gasteiger partial charge in [0.2, 0.25) is 0 Å². The summed E-state index contributed by atoms with van der Waals surface area (Å²) in [5, 5.41) is 32.8. The number of aromatic nitrogens is 2. The molecule has 1 aliphatic rings. The molecule has 1 aromatic heterocycles. The molecule has 2 aromatic rings. The van der Waals surface area contributed by atoms with Gasteiger partial charge >= 0.3 is 19.4 Å². The second-order valence-corrected chi connectivity index (χ2v) is 10.3. The Hall–Kier alpha value is -3.28. The lowest BCUT2D eigenvalue weighted by Crippen LogP contribution is -2.46. The number of para-hydroxylation sites is 1. The predicted octanol–water partition coefficient (Wildman–Crippen LogP) is 0.800. The van der Waals surface area contributed by atoms with E-state index in [0.717, 1.165) is 10.8 Å². The number of aliphatic hydroxyl groups excluding tert-OH is 2. The van der Waals surface area contributed by atoms with E-state index in [1.807, 2.05) is 0 Å². The molecule has 1 fully saturated rings. The number of nitrogens with one attached hydrogen (secondary N) is 2. The Morgan fingerprint density at radius 2 is 1.97 bits per heavy atom. The van der Waals surface area contributed by atoms with Crippen LogP contribution in [0, 0.1) is 12.3 Å². The lowest BCUT2D eigenvalue weighted by molar-refractivity contribution is -0.149. The van der Waals surface area contributed by atoms with Crippen molar-refractivity contribution in [1.29, 1.82) is 0 Å². The fourth-order valence-corrected chi connectivity index (χ4v) is 4.99. The second kappa shape index (κ2) is 12.1. The Morgan fingerprint density at radius 3 is 2.55 bits per heavy atom. The van der Waals surface area contributed by atoms with Crippen LogP contribution >= 0.6 is 7.75 Å². The van der Waals surface area contributed by atoms with Crippen LogP contribution in [0.5, 0.6) is 5.75 Å². The van der Waals surface area contributed by atoms with Gasteiger partial charge in [-0.2, -0.15) is 10.1 Å². The number of benzene rings is 1. The standard InChI is InChI=1S/C23H29N4O10P/c1-5-23(19(29)18(28)20(36-23)27-12-11-17(25-32)24-22(27)31)13-34-38(33,37-16-9-7-6-8-10-16)26-15(4)21(30)35-14(2)3/h1,6-12,14-15,18-20,28-29,32H,13H2,2-4H3,(H,26,33)(H,24,25,31)/t15-,18-,19?,20+,23+,38-/m0/s1. The SMILES string of the molecule is C#C[C@]1(CO[P@@](=O)(N[C@@H](C)C(=O)OC(C)C)Oc2ccccc2)O[C@@H](n2ccc(NO)nc2=O)[C@@H](O)C1O. The van der Waals surface area contributed by atoms with Crippen molar-refractivity contribution >= 4 is 19.5 Å². The number of nitrogens with zero attached hydrogens (tertiary/aromatic N) is 2. The van der Waals surface area contributed by atoms with Crippen molar-refractivity contribution < 1.29 is 43.3 Å². The third-order valence-electron chi connectivity index (χ3n) is 5.36. The van der Waals surface area contributed by atoms with E-state index < -0.39 is 62.2 Å². The fraction of sp³-hybridized carbons (Fsp3) is 0.435. The van der Waals surface area contributed by atoms with E-state index in [9.17, 15) is 24.4 Å². The number of terminal acetylenes is 1. The van der Waals surface area contributed by atoms with E-state index in [1.165, 1.54) is 25.1 Å².